The molecule has 1 atom stereocenters. The van der Waals surface area contributed by atoms with E-state index in [9.17, 15) is 9.59 Å². The lowest BCUT2D eigenvalue weighted by Gasteiger charge is -2.21. The second-order valence-electron chi connectivity index (χ2n) is 7.37. The van der Waals surface area contributed by atoms with Crippen molar-refractivity contribution in [3.63, 3.8) is 0 Å². The van der Waals surface area contributed by atoms with Gasteiger partial charge in [0.1, 0.15) is 23.1 Å². The molecular weight excluding hydrogens is 324 g/mol. The summed E-state index contributed by atoms with van der Waals surface area (Å²) in [5.74, 6) is 0.318. The lowest BCUT2D eigenvalue weighted by Crippen LogP contribution is -2.26. The standard InChI is InChI=1S/C19H26O6/c1-8-15(23-17(21)25-19(5,6)7)13-9-11-14(12-10-13)22-16(20)24-18(2,3)4/h8-12,15H,1H2,2-7H3/t15-/m0/s1. The molecular formula is C19H26O6. The molecule has 0 bridgehead atoms. The molecule has 0 aliphatic heterocycles. The van der Waals surface area contributed by atoms with E-state index in [1.807, 2.05) is 0 Å². The summed E-state index contributed by atoms with van der Waals surface area (Å²) < 4.78 is 20.5. The van der Waals surface area contributed by atoms with E-state index in [4.69, 9.17) is 18.9 Å². The van der Waals surface area contributed by atoms with Gasteiger partial charge < -0.3 is 18.9 Å². The van der Waals surface area contributed by atoms with Gasteiger partial charge in [-0.25, -0.2) is 9.59 Å². The van der Waals surface area contributed by atoms with E-state index in [1.54, 1.807) is 65.8 Å². The molecule has 0 radical (unpaired) electrons. The van der Waals surface area contributed by atoms with E-state index >= 15 is 0 Å². The van der Waals surface area contributed by atoms with Crippen molar-refractivity contribution in [2.45, 2.75) is 58.8 Å². The lowest BCUT2D eigenvalue weighted by atomic mass is 10.1. The Labute approximate surface area is 148 Å². The van der Waals surface area contributed by atoms with E-state index in [0.717, 1.165) is 0 Å². The topological polar surface area (TPSA) is 71.1 Å². The Kier molecular flexibility index (Phi) is 6.62. The molecule has 0 aliphatic carbocycles. The molecule has 0 heterocycles. The largest absolute Gasteiger partial charge is 0.514 e. The van der Waals surface area contributed by atoms with Gasteiger partial charge in [-0.15, -0.1) is 0 Å². The average molecular weight is 350 g/mol. The Balaban J connectivity index is 2.71. The predicted octanol–water partition coefficient (Wildman–Crippen LogP) is 5.18. The normalized spacial score (nSPS) is 12.7. The van der Waals surface area contributed by atoms with Crippen molar-refractivity contribution >= 4 is 12.3 Å². The van der Waals surface area contributed by atoms with Crippen LogP contribution >= 0.6 is 0 Å². The minimum Gasteiger partial charge on any atom is -0.429 e. The highest BCUT2D eigenvalue weighted by molar-refractivity contribution is 5.64. The minimum atomic E-state index is -0.787. The van der Waals surface area contributed by atoms with Gasteiger partial charge >= 0.3 is 12.3 Å². The summed E-state index contributed by atoms with van der Waals surface area (Å²) in [4.78, 5) is 23.4. The average Bonchev–Trinajstić information content (AvgIpc) is 2.41. The molecule has 1 aromatic carbocycles. The van der Waals surface area contributed by atoms with Crippen LogP contribution < -0.4 is 4.74 Å². The maximum Gasteiger partial charge on any atom is 0.514 e. The van der Waals surface area contributed by atoms with Gasteiger partial charge in [0.15, 0.2) is 0 Å². The van der Waals surface area contributed by atoms with Crippen molar-refractivity contribution in [1.82, 2.24) is 0 Å². The van der Waals surface area contributed by atoms with Crippen LogP contribution in [-0.4, -0.2) is 23.5 Å². The molecule has 1 aromatic rings. The van der Waals surface area contributed by atoms with Crippen molar-refractivity contribution in [2.24, 2.45) is 0 Å². The van der Waals surface area contributed by atoms with Gasteiger partial charge in [-0.3, -0.25) is 0 Å². The van der Waals surface area contributed by atoms with E-state index in [2.05, 4.69) is 6.58 Å². The molecule has 138 valence electrons. The first-order valence-corrected chi connectivity index (χ1v) is 7.92. The second kappa shape index (κ2) is 8.05. The summed E-state index contributed by atoms with van der Waals surface area (Å²) in [6.45, 7) is 14.2. The first-order valence-electron chi connectivity index (χ1n) is 7.92. The Morgan fingerprint density at radius 1 is 0.920 bits per heavy atom. The second-order valence-corrected chi connectivity index (χ2v) is 7.37. The van der Waals surface area contributed by atoms with Crippen molar-refractivity contribution in [3.05, 3.63) is 42.5 Å². The van der Waals surface area contributed by atoms with Gasteiger partial charge in [-0.05, 0) is 65.3 Å². The molecule has 6 heteroatoms. The number of ether oxygens (including phenoxy) is 4. The van der Waals surface area contributed by atoms with Crippen LogP contribution in [0.5, 0.6) is 5.75 Å². The van der Waals surface area contributed by atoms with Crippen LogP contribution in [0, 0.1) is 0 Å². The third-order valence-corrected chi connectivity index (χ3v) is 2.63. The Hall–Kier alpha value is -2.50. The summed E-state index contributed by atoms with van der Waals surface area (Å²) in [6.07, 6.45) is -0.768. The van der Waals surface area contributed by atoms with Crippen LogP contribution in [0.4, 0.5) is 9.59 Å². The molecule has 25 heavy (non-hydrogen) atoms. The molecule has 0 N–H and O–H groups in total. The van der Waals surface area contributed by atoms with Crippen LogP contribution in [0.2, 0.25) is 0 Å². The number of carbonyl (C=O) groups is 2. The highest BCUT2D eigenvalue weighted by Crippen LogP contribution is 2.23. The SMILES string of the molecule is C=C[C@H](OC(=O)OC(C)(C)C)c1ccc(OC(=O)OC(C)(C)C)cc1. The van der Waals surface area contributed by atoms with Crippen LogP contribution in [0.3, 0.4) is 0 Å². The third-order valence-electron chi connectivity index (χ3n) is 2.63. The summed E-state index contributed by atoms with van der Waals surface area (Å²) in [5.41, 5.74) is -0.613. The third kappa shape index (κ3) is 8.24. The van der Waals surface area contributed by atoms with Gasteiger partial charge in [0.25, 0.3) is 0 Å². The van der Waals surface area contributed by atoms with Crippen molar-refractivity contribution in [2.75, 3.05) is 0 Å². The summed E-state index contributed by atoms with van der Waals surface area (Å²) in [7, 11) is 0. The fourth-order valence-corrected chi connectivity index (χ4v) is 1.72. The number of rotatable bonds is 4. The molecule has 0 saturated carbocycles. The van der Waals surface area contributed by atoms with E-state index < -0.39 is 29.6 Å². The monoisotopic (exact) mass is 350 g/mol. The molecule has 0 amide bonds. The van der Waals surface area contributed by atoms with Crippen molar-refractivity contribution in [1.29, 1.82) is 0 Å². The molecule has 0 spiro atoms. The summed E-state index contributed by atoms with van der Waals surface area (Å²) >= 11 is 0. The Bertz CT molecular complexity index is 604. The smallest absolute Gasteiger partial charge is 0.429 e. The van der Waals surface area contributed by atoms with Crippen molar-refractivity contribution < 1.29 is 28.5 Å². The molecule has 0 fully saturated rings. The Morgan fingerprint density at radius 3 is 1.84 bits per heavy atom. The molecule has 0 aromatic heterocycles. The molecule has 0 saturated heterocycles. The first kappa shape index (κ1) is 20.5. The van der Waals surface area contributed by atoms with Crippen LogP contribution in [0.25, 0.3) is 0 Å². The predicted molar refractivity (Wildman–Crippen MR) is 93.6 cm³/mol. The van der Waals surface area contributed by atoms with Gasteiger partial charge in [0.2, 0.25) is 0 Å². The lowest BCUT2D eigenvalue weighted by molar-refractivity contribution is -0.0188. The van der Waals surface area contributed by atoms with Gasteiger partial charge in [0, 0.05) is 0 Å². The van der Waals surface area contributed by atoms with Crippen LogP contribution in [0.1, 0.15) is 53.2 Å². The zero-order valence-electron chi connectivity index (χ0n) is 15.6. The highest BCUT2D eigenvalue weighted by atomic mass is 16.7. The first-order chi connectivity index (χ1) is 11.4. The van der Waals surface area contributed by atoms with Crippen LogP contribution in [-0.2, 0) is 14.2 Å². The van der Waals surface area contributed by atoms with E-state index in [-0.39, 0.29) is 0 Å². The molecule has 1 rings (SSSR count). The maximum atomic E-state index is 11.8. The fourth-order valence-electron chi connectivity index (χ4n) is 1.72. The Morgan fingerprint density at radius 2 is 1.40 bits per heavy atom. The number of hydrogen-bond acceptors (Lipinski definition) is 6. The van der Waals surface area contributed by atoms with Crippen LogP contribution in [0.15, 0.2) is 36.9 Å². The quantitative estimate of drug-likeness (QED) is 0.423. The number of benzene rings is 1. The van der Waals surface area contributed by atoms with E-state index in [1.165, 1.54) is 6.08 Å². The molecule has 6 nitrogen and oxygen atoms in total. The minimum absolute atomic E-state index is 0.318. The fraction of sp³-hybridized carbons (Fsp3) is 0.474. The number of hydrogen-bond donors (Lipinski definition) is 0. The highest BCUT2D eigenvalue weighted by Gasteiger charge is 2.21. The van der Waals surface area contributed by atoms with Gasteiger partial charge in [0.05, 0.1) is 0 Å². The molecule has 0 aliphatic rings. The summed E-state index contributed by atoms with van der Waals surface area (Å²) in [6, 6.07) is 6.48. The van der Waals surface area contributed by atoms with Gasteiger partial charge in [-0.1, -0.05) is 18.7 Å². The van der Waals surface area contributed by atoms with Gasteiger partial charge in [-0.2, -0.15) is 0 Å². The van der Waals surface area contributed by atoms with E-state index in [0.29, 0.717) is 11.3 Å². The maximum absolute atomic E-state index is 11.8. The summed E-state index contributed by atoms with van der Waals surface area (Å²) in [5, 5.41) is 0. The van der Waals surface area contributed by atoms with Crippen molar-refractivity contribution in [3.8, 4) is 5.75 Å². The zero-order valence-corrected chi connectivity index (χ0v) is 15.6. The number of carbonyl (C=O) groups excluding carboxylic acids is 2. The zero-order chi connectivity index (χ0) is 19.3. The molecule has 0 unspecified atom stereocenters.